The van der Waals surface area contributed by atoms with E-state index in [1.807, 2.05) is 6.07 Å². The van der Waals surface area contributed by atoms with Gasteiger partial charge in [0.2, 0.25) is 0 Å². The standard InChI is InChI=1S/C13H8BrClN2O2S2/c14-13-10(15)6-12(20-13)21(18,19)17-11-3-1-2-8-7-16-5-4-9(8)11/h1-7,17H. The Labute approximate surface area is 139 Å². The summed E-state index contributed by atoms with van der Waals surface area (Å²) in [7, 11) is -3.67. The molecule has 2 heterocycles. The van der Waals surface area contributed by atoms with Crippen molar-refractivity contribution in [2.75, 3.05) is 4.72 Å². The van der Waals surface area contributed by atoms with Gasteiger partial charge in [-0.05, 0) is 34.1 Å². The molecule has 0 amide bonds. The van der Waals surface area contributed by atoms with E-state index in [0.717, 1.165) is 22.1 Å². The van der Waals surface area contributed by atoms with Crippen molar-refractivity contribution in [3.05, 3.63) is 51.5 Å². The van der Waals surface area contributed by atoms with Gasteiger partial charge in [-0.1, -0.05) is 23.7 Å². The number of hydrogen-bond donors (Lipinski definition) is 1. The summed E-state index contributed by atoms with van der Waals surface area (Å²) in [5.41, 5.74) is 0.510. The maximum Gasteiger partial charge on any atom is 0.271 e. The van der Waals surface area contributed by atoms with Crippen LogP contribution in [-0.4, -0.2) is 13.4 Å². The monoisotopic (exact) mass is 402 g/mol. The van der Waals surface area contributed by atoms with Crippen molar-refractivity contribution >= 4 is 65.4 Å². The molecule has 0 radical (unpaired) electrons. The second-order valence-electron chi connectivity index (χ2n) is 4.19. The highest BCUT2D eigenvalue weighted by molar-refractivity contribution is 9.11. The van der Waals surface area contributed by atoms with Crippen molar-refractivity contribution in [1.29, 1.82) is 0 Å². The second kappa shape index (κ2) is 5.57. The molecule has 3 rings (SSSR count). The Hall–Kier alpha value is -1.15. The van der Waals surface area contributed by atoms with Crippen LogP contribution in [0.15, 0.2) is 50.7 Å². The maximum atomic E-state index is 12.4. The molecule has 0 aliphatic carbocycles. The molecule has 0 aliphatic rings. The highest BCUT2D eigenvalue weighted by atomic mass is 79.9. The Morgan fingerprint density at radius 2 is 2.10 bits per heavy atom. The molecule has 0 fully saturated rings. The Bertz CT molecular complexity index is 900. The molecule has 0 saturated heterocycles. The third-order valence-electron chi connectivity index (χ3n) is 2.81. The molecule has 108 valence electrons. The molecule has 8 heteroatoms. The number of fused-ring (bicyclic) bond motifs is 1. The first-order valence-electron chi connectivity index (χ1n) is 5.78. The number of hydrogen-bond acceptors (Lipinski definition) is 4. The van der Waals surface area contributed by atoms with Gasteiger partial charge >= 0.3 is 0 Å². The van der Waals surface area contributed by atoms with E-state index >= 15 is 0 Å². The second-order valence-corrected chi connectivity index (χ2v) is 8.88. The Balaban J connectivity index is 2.05. The Morgan fingerprint density at radius 3 is 2.81 bits per heavy atom. The molecule has 3 aromatic rings. The number of pyridine rings is 1. The van der Waals surface area contributed by atoms with Crippen LogP contribution in [0.2, 0.25) is 5.02 Å². The summed E-state index contributed by atoms with van der Waals surface area (Å²) in [5, 5.41) is 2.03. The van der Waals surface area contributed by atoms with E-state index in [1.54, 1.807) is 30.6 Å². The zero-order valence-corrected chi connectivity index (χ0v) is 14.4. The van der Waals surface area contributed by atoms with Crippen LogP contribution >= 0.6 is 38.9 Å². The SMILES string of the molecule is O=S(=O)(Nc1cccc2cnccc12)c1cc(Cl)c(Br)s1. The lowest BCUT2D eigenvalue weighted by atomic mass is 10.1. The lowest BCUT2D eigenvalue weighted by molar-refractivity contribution is 0.603. The van der Waals surface area contributed by atoms with Crippen molar-refractivity contribution in [1.82, 2.24) is 4.98 Å². The summed E-state index contributed by atoms with van der Waals surface area (Å²) in [6.07, 6.45) is 3.31. The fourth-order valence-corrected chi connectivity index (χ4v) is 5.34. The Kier molecular flexibility index (Phi) is 3.92. The summed E-state index contributed by atoms with van der Waals surface area (Å²) < 4.78 is 28.2. The average Bonchev–Trinajstić information content (AvgIpc) is 2.80. The lowest BCUT2D eigenvalue weighted by Crippen LogP contribution is -2.11. The molecule has 0 bridgehead atoms. The summed E-state index contributed by atoms with van der Waals surface area (Å²) >= 11 is 10.2. The number of aromatic nitrogens is 1. The van der Waals surface area contributed by atoms with Crippen LogP contribution in [0.3, 0.4) is 0 Å². The van der Waals surface area contributed by atoms with Crippen LogP contribution in [-0.2, 0) is 10.0 Å². The minimum Gasteiger partial charge on any atom is -0.278 e. The molecule has 0 unspecified atom stereocenters. The number of nitrogens with one attached hydrogen (secondary N) is 1. The van der Waals surface area contributed by atoms with Crippen LogP contribution in [0.25, 0.3) is 10.8 Å². The molecule has 21 heavy (non-hydrogen) atoms. The highest BCUT2D eigenvalue weighted by Gasteiger charge is 2.19. The predicted octanol–water partition coefficient (Wildman–Crippen LogP) is 4.51. The minimum absolute atomic E-state index is 0.158. The lowest BCUT2D eigenvalue weighted by Gasteiger charge is -2.09. The van der Waals surface area contributed by atoms with Crippen LogP contribution in [0, 0.1) is 0 Å². The van der Waals surface area contributed by atoms with E-state index in [9.17, 15) is 8.42 Å². The first-order chi connectivity index (χ1) is 9.97. The van der Waals surface area contributed by atoms with E-state index in [2.05, 4.69) is 25.6 Å². The highest BCUT2D eigenvalue weighted by Crippen LogP contribution is 2.35. The van der Waals surface area contributed by atoms with Crippen LogP contribution < -0.4 is 4.72 Å². The zero-order valence-electron chi connectivity index (χ0n) is 10.4. The number of sulfonamides is 1. The van der Waals surface area contributed by atoms with E-state index in [1.165, 1.54) is 6.07 Å². The molecule has 0 spiro atoms. The molecule has 0 aliphatic heterocycles. The first-order valence-corrected chi connectivity index (χ1v) is 9.25. The average molecular weight is 404 g/mol. The maximum absolute atomic E-state index is 12.4. The van der Waals surface area contributed by atoms with Gasteiger partial charge in [0.1, 0.15) is 4.21 Å². The quantitative estimate of drug-likeness (QED) is 0.700. The van der Waals surface area contributed by atoms with E-state index in [-0.39, 0.29) is 4.21 Å². The van der Waals surface area contributed by atoms with Gasteiger partial charge in [-0.15, -0.1) is 11.3 Å². The third kappa shape index (κ3) is 2.91. The minimum atomic E-state index is -3.67. The number of nitrogens with zero attached hydrogens (tertiary/aromatic N) is 1. The molecular formula is C13H8BrClN2O2S2. The fourth-order valence-electron chi connectivity index (χ4n) is 1.87. The van der Waals surface area contributed by atoms with Gasteiger partial charge in [-0.25, -0.2) is 8.42 Å². The van der Waals surface area contributed by atoms with Crippen LogP contribution in [0.5, 0.6) is 0 Å². The number of anilines is 1. The van der Waals surface area contributed by atoms with Crippen molar-refractivity contribution in [3.8, 4) is 0 Å². The van der Waals surface area contributed by atoms with Gasteiger partial charge in [0.05, 0.1) is 14.5 Å². The van der Waals surface area contributed by atoms with Crippen LogP contribution in [0.4, 0.5) is 5.69 Å². The number of rotatable bonds is 3. The van der Waals surface area contributed by atoms with Gasteiger partial charge in [-0.2, -0.15) is 0 Å². The van der Waals surface area contributed by atoms with E-state index < -0.39 is 10.0 Å². The van der Waals surface area contributed by atoms with Gasteiger partial charge in [-0.3, -0.25) is 9.71 Å². The summed E-state index contributed by atoms with van der Waals surface area (Å²) in [5.74, 6) is 0. The molecule has 1 N–H and O–H groups in total. The largest absolute Gasteiger partial charge is 0.278 e. The number of benzene rings is 1. The normalized spacial score (nSPS) is 11.7. The fraction of sp³-hybridized carbons (Fsp3) is 0. The molecule has 1 aromatic carbocycles. The molecule has 2 aromatic heterocycles. The molecule has 0 saturated carbocycles. The molecular weight excluding hydrogens is 396 g/mol. The first kappa shape index (κ1) is 14.8. The van der Waals surface area contributed by atoms with E-state index in [4.69, 9.17) is 11.6 Å². The van der Waals surface area contributed by atoms with Gasteiger partial charge in [0.25, 0.3) is 10.0 Å². The van der Waals surface area contributed by atoms with Crippen molar-refractivity contribution in [2.45, 2.75) is 4.21 Å². The summed E-state index contributed by atoms with van der Waals surface area (Å²) in [6, 6.07) is 8.55. The smallest absolute Gasteiger partial charge is 0.271 e. The van der Waals surface area contributed by atoms with Gasteiger partial charge in [0.15, 0.2) is 0 Å². The molecule has 4 nitrogen and oxygen atoms in total. The number of halogens is 2. The number of thiophene rings is 1. The molecule has 0 atom stereocenters. The predicted molar refractivity (Wildman–Crippen MR) is 89.6 cm³/mol. The van der Waals surface area contributed by atoms with Crippen molar-refractivity contribution in [2.24, 2.45) is 0 Å². The zero-order chi connectivity index (χ0) is 15.0. The van der Waals surface area contributed by atoms with E-state index in [0.29, 0.717) is 14.5 Å². The summed E-state index contributed by atoms with van der Waals surface area (Å²) in [4.78, 5) is 4.02. The van der Waals surface area contributed by atoms with Crippen molar-refractivity contribution in [3.63, 3.8) is 0 Å². The van der Waals surface area contributed by atoms with Crippen LogP contribution in [0.1, 0.15) is 0 Å². The Morgan fingerprint density at radius 1 is 1.29 bits per heavy atom. The third-order valence-corrected chi connectivity index (χ3v) is 7.13. The topological polar surface area (TPSA) is 59.1 Å². The van der Waals surface area contributed by atoms with Crippen molar-refractivity contribution < 1.29 is 8.42 Å². The summed E-state index contributed by atoms with van der Waals surface area (Å²) in [6.45, 7) is 0. The van der Waals surface area contributed by atoms with Gasteiger partial charge < -0.3 is 0 Å². The van der Waals surface area contributed by atoms with Gasteiger partial charge in [0, 0.05) is 23.2 Å².